The molecule has 0 aliphatic heterocycles. The minimum absolute atomic E-state index is 0.0453. The van der Waals surface area contributed by atoms with Crippen molar-refractivity contribution in [3.63, 3.8) is 0 Å². The standard InChI is InChI=1S/C11H6BrF3N2OS/c12-5-1-2-6(7(3-5)11(13,14)15)10-17-8(4-19-10)9(16)18/h1-4H,(H2,16,18). The van der Waals surface area contributed by atoms with Gasteiger partial charge in [-0.2, -0.15) is 13.2 Å². The first-order chi connectivity index (χ1) is 8.79. The summed E-state index contributed by atoms with van der Waals surface area (Å²) in [5.41, 5.74) is 4.09. The molecule has 19 heavy (non-hydrogen) atoms. The van der Waals surface area contributed by atoms with Crippen molar-refractivity contribution >= 4 is 33.2 Å². The van der Waals surface area contributed by atoms with Crippen molar-refractivity contribution in [1.29, 1.82) is 0 Å². The van der Waals surface area contributed by atoms with E-state index in [0.717, 1.165) is 17.4 Å². The number of thiazole rings is 1. The van der Waals surface area contributed by atoms with Gasteiger partial charge >= 0.3 is 6.18 Å². The molecule has 2 N–H and O–H groups in total. The zero-order valence-corrected chi connectivity index (χ0v) is 11.6. The molecule has 0 atom stereocenters. The van der Waals surface area contributed by atoms with Gasteiger partial charge in [-0.25, -0.2) is 4.98 Å². The summed E-state index contributed by atoms with van der Waals surface area (Å²) in [4.78, 5) is 14.7. The summed E-state index contributed by atoms with van der Waals surface area (Å²) < 4.78 is 39.1. The van der Waals surface area contributed by atoms with Gasteiger partial charge in [0.2, 0.25) is 0 Å². The van der Waals surface area contributed by atoms with Crippen molar-refractivity contribution in [1.82, 2.24) is 4.98 Å². The predicted octanol–water partition coefficient (Wildman–Crippen LogP) is 3.69. The van der Waals surface area contributed by atoms with Crippen LogP contribution in [0.15, 0.2) is 28.1 Å². The molecule has 0 saturated carbocycles. The Kier molecular flexibility index (Phi) is 3.64. The summed E-state index contributed by atoms with van der Waals surface area (Å²) in [5, 5.41) is 1.44. The number of primary amides is 1. The molecule has 2 aromatic rings. The Balaban J connectivity index is 2.58. The van der Waals surface area contributed by atoms with Gasteiger partial charge in [0.1, 0.15) is 10.7 Å². The number of hydrogen-bond donors (Lipinski definition) is 1. The largest absolute Gasteiger partial charge is 0.417 e. The number of nitrogens with zero attached hydrogens (tertiary/aromatic N) is 1. The quantitative estimate of drug-likeness (QED) is 0.897. The minimum Gasteiger partial charge on any atom is -0.364 e. The molecule has 0 unspecified atom stereocenters. The number of aromatic nitrogens is 1. The van der Waals surface area contributed by atoms with E-state index >= 15 is 0 Å². The van der Waals surface area contributed by atoms with E-state index in [4.69, 9.17) is 5.73 Å². The second-order valence-corrected chi connectivity index (χ2v) is 5.36. The van der Waals surface area contributed by atoms with E-state index in [2.05, 4.69) is 20.9 Å². The molecule has 0 saturated heterocycles. The SMILES string of the molecule is NC(=O)c1csc(-c2ccc(Br)cc2C(F)(F)F)n1. The van der Waals surface area contributed by atoms with Gasteiger partial charge in [-0.1, -0.05) is 22.0 Å². The molecule has 100 valence electrons. The zero-order valence-electron chi connectivity index (χ0n) is 9.16. The fraction of sp³-hybridized carbons (Fsp3) is 0.0909. The van der Waals surface area contributed by atoms with Crippen LogP contribution >= 0.6 is 27.3 Å². The van der Waals surface area contributed by atoms with Crippen molar-refractivity contribution in [3.05, 3.63) is 39.3 Å². The minimum atomic E-state index is -4.50. The molecule has 0 aliphatic carbocycles. The van der Waals surface area contributed by atoms with Gasteiger partial charge in [0.15, 0.2) is 0 Å². The second-order valence-electron chi connectivity index (χ2n) is 3.59. The summed E-state index contributed by atoms with van der Waals surface area (Å²) in [5.74, 6) is -0.770. The van der Waals surface area contributed by atoms with Gasteiger partial charge in [-0.3, -0.25) is 4.79 Å². The highest BCUT2D eigenvalue weighted by Gasteiger charge is 2.34. The lowest BCUT2D eigenvalue weighted by atomic mass is 10.1. The van der Waals surface area contributed by atoms with Crippen LogP contribution in [-0.4, -0.2) is 10.9 Å². The number of rotatable bonds is 2. The summed E-state index contributed by atoms with van der Waals surface area (Å²) in [6, 6.07) is 3.76. The molecule has 8 heteroatoms. The number of alkyl halides is 3. The average Bonchev–Trinajstić information content (AvgIpc) is 2.77. The zero-order chi connectivity index (χ0) is 14.2. The van der Waals surface area contributed by atoms with Crippen LogP contribution in [0.1, 0.15) is 16.1 Å². The molecule has 0 spiro atoms. The number of benzene rings is 1. The molecule has 0 bridgehead atoms. The maximum Gasteiger partial charge on any atom is 0.417 e. The number of amides is 1. The highest BCUT2D eigenvalue weighted by molar-refractivity contribution is 9.10. The summed E-state index contributed by atoms with van der Waals surface area (Å²) >= 11 is 3.94. The molecule has 1 heterocycles. The van der Waals surface area contributed by atoms with E-state index in [1.807, 2.05) is 0 Å². The lowest BCUT2D eigenvalue weighted by Gasteiger charge is -2.11. The molecule has 1 aromatic heterocycles. The Hall–Kier alpha value is -1.41. The third-order valence-corrected chi connectivity index (χ3v) is 3.64. The van der Waals surface area contributed by atoms with E-state index in [9.17, 15) is 18.0 Å². The van der Waals surface area contributed by atoms with E-state index in [-0.39, 0.29) is 16.3 Å². The Labute approximate surface area is 118 Å². The fourth-order valence-corrected chi connectivity index (χ4v) is 2.66. The second kappa shape index (κ2) is 4.93. The van der Waals surface area contributed by atoms with Crippen molar-refractivity contribution < 1.29 is 18.0 Å². The van der Waals surface area contributed by atoms with Crippen molar-refractivity contribution in [2.24, 2.45) is 5.73 Å². The van der Waals surface area contributed by atoms with Gasteiger partial charge in [0.05, 0.1) is 5.56 Å². The Bertz CT molecular complexity index is 639. The summed E-state index contributed by atoms with van der Waals surface area (Å²) in [7, 11) is 0. The van der Waals surface area contributed by atoms with Crippen LogP contribution < -0.4 is 5.73 Å². The van der Waals surface area contributed by atoms with Crippen LogP contribution in [0.3, 0.4) is 0 Å². The number of halogens is 4. The molecule has 3 nitrogen and oxygen atoms in total. The third-order valence-electron chi connectivity index (χ3n) is 2.27. The number of carbonyl (C=O) groups is 1. The van der Waals surface area contributed by atoms with Crippen LogP contribution in [0.5, 0.6) is 0 Å². The van der Waals surface area contributed by atoms with Gasteiger partial charge < -0.3 is 5.73 Å². The molecule has 1 aromatic carbocycles. The van der Waals surface area contributed by atoms with E-state index in [1.165, 1.54) is 17.5 Å². The van der Waals surface area contributed by atoms with Gasteiger partial charge in [0, 0.05) is 15.4 Å². The Morgan fingerprint density at radius 3 is 2.58 bits per heavy atom. The summed E-state index contributed by atoms with van der Waals surface area (Å²) in [6.45, 7) is 0. The van der Waals surface area contributed by atoms with Gasteiger partial charge in [-0.15, -0.1) is 11.3 Å². The molecular formula is C11H6BrF3N2OS. The topological polar surface area (TPSA) is 56.0 Å². The van der Waals surface area contributed by atoms with E-state index < -0.39 is 17.6 Å². The highest BCUT2D eigenvalue weighted by Crippen LogP contribution is 2.39. The van der Waals surface area contributed by atoms with Crippen molar-refractivity contribution in [3.8, 4) is 10.6 Å². The lowest BCUT2D eigenvalue weighted by molar-refractivity contribution is -0.137. The van der Waals surface area contributed by atoms with E-state index in [1.54, 1.807) is 0 Å². The van der Waals surface area contributed by atoms with Crippen molar-refractivity contribution in [2.75, 3.05) is 0 Å². The smallest absolute Gasteiger partial charge is 0.364 e. The van der Waals surface area contributed by atoms with E-state index in [0.29, 0.717) is 4.47 Å². The fourth-order valence-electron chi connectivity index (χ4n) is 1.45. The van der Waals surface area contributed by atoms with Crippen LogP contribution in [0.2, 0.25) is 0 Å². The van der Waals surface area contributed by atoms with Crippen LogP contribution in [-0.2, 0) is 6.18 Å². The van der Waals surface area contributed by atoms with Crippen LogP contribution in [0.25, 0.3) is 10.6 Å². The molecule has 0 radical (unpaired) electrons. The Morgan fingerprint density at radius 1 is 1.37 bits per heavy atom. The maximum atomic E-state index is 12.9. The Morgan fingerprint density at radius 2 is 2.05 bits per heavy atom. The average molecular weight is 351 g/mol. The molecule has 1 amide bonds. The van der Waals surface area contributed by atoms with Crippen LogP contribution in [0, 0.1) is 0 Å². The predicted molar refractivity (Wildman–Crippen MR) is 68.8 cm³/mol. The maximum absolute atomic E-state index is 12.9. The normalized spacial score (nSPS) is 11.6. The number of hydrogen-bond acceptors (Lipinski definition) is 3. The number of nitrogens with two attached hydrogens (primary N) is 1. The van der Waals surface area contributed by atoms with Gasteiger partial charge in [-0.05, 0) is 12.1 Å². The van der Waals surface area contributed by atoms with Crippen molar-refractivity contribution in [2.45, 2.75) is 6.18 Å². The third kappa shape index (κ3) is 2.95. The van der Waals surface area contributed by atoms with Gasteiger partial charge in [0.25, 0.3) is 5.91 Å². The molecule has 0 fully saturated rings. The first kappa shape index (κ1) is 14.0. The molecule has 0 aliphatic rings. The first-order valence-electron chi connectivity index (χ1n) is 4.91. The monoisotopic (exact) mass is 350 g/mol. The summed E-state index contributed by atoms with van der Waals surface area (Å²) in [6.07, 6.45) is -4.50. The lowest BCUT2D eigenvalue weighted by Crippen LogP contribution is -2.11. The molecule has 2 rings (SSSR count). The molecular weight excluding hydrogens is 345 g/mol. The number of carbonyl (C=O) groups excluding carboxylic acids is 1. The highest BCUT2D eigenvalue weighted by atomic mass is 79.9. The first-order valence-corrected chi connectivity index (χ1v) is 6.59. The van der Waals surface area contributed by atoms with Crippen LogP contribution in [0.4, 0.5) is 13.2 Å².